The van der Waals surface area contributed by atoms with Crippen molar-refractivity contribution >= 4 is 57.3 Å². The summed E-state index contributed by atoms with van der Waals surface area (Å²) in [5, 5.41) is 4.09. The fourth-order valence-corrected chi connectivity index (χ4v) is 4.92. The number of hydrazone groups is 1. The van der Waals surface area contributed by atoms with Gasteiger partial charge in [0.15, 0.2) is 0 Å². The molecule has 0 aliphatic rings. The molecule has 31 heavy (non-hydrogen) atoms. The second-order valence-electron chi connectivity index (χ2n) is 6.63. The second-order valence-corrected chi connectivity index (χ2v) is 8.96. The van der Waals surface area contributed by atoms with E-state index < -0.39 is 0 Å². The van der Waals surface area contributed by atoms with Crippen LogP contribution in [0, 0.1) is 7.14 Å². The Morgan fingerprint density at radius 2 is 1.65 bits per heavy atom. The smallest absolute Gasteiger partial charge is 0.244 e. The predicted molar refractivity (Wildman–Crippen MR) is 140 cm³/mol. The summed E-state index contributed by atoms with van der Waals surface area (Å²) in [5.74, 6) is 1.47. The number of nitrogens with one attached hydrogen (secondary N) is 1. The molecule has 0 spiro atoms. The molecule has 3 aromatic carbocycles. The van der Waals surface area contributed by atoms with Crippen molar-refractivity contribution in [3.8, 4) is 11.5 Å². The van der Waals surface area contributed by atoms with E-state index in [1.54, 1.807) is 6.21 Å². The van der Waals surface area contributed by atoms with Crippen molar-refractivity contribution in [3.63, 3.8) is 0 Å². The van der Waals surface area contributed by atoms with Crippen LogP contribution in [-0.2, 0) is 17.8 Å². The SMILES string of the molecule is CCOc1ccc(CC(=O)N/N=C/c2cc(I)c(OCc3ccccc3)c(I)c2)cc1. The Bertz CT molecular complexity index is 1020. The molecule has 0 aliphatic heterocycles. The summed E-state index contributed by atoms with van der Waals surface area (Å²) in [7, 11) is 0. The fourth-order valence-electron chi connectivity index (χ4n) is 2.80. The summed E-state index contributed by atoms with van der Waals surface area (Å²) < 4.78 is 13.4. The van der Waals surface area contributed by atoms with Crippen molar-refractivity contribution in [2.45, 2.75) is 20.0 Å². The summed E-state index contributed by atoms with van der Waals surface area (Å²) in [4.78, 5) is 12.1. The molecular formula is C24H22I2N2O3. The maximum atomic E-state index is 12.1. The Labute approximate surface area is 209 Å². The highest BCUT2D eigenvalue weighted by Crippen LogP contribution is 2.29. The second kappa shape index (κ2) is 12.0. The van der Waals surface area contributed by atoms with Gasteiger partial charge in [-0.05, 0) is 93.1 Å². The van der Waals surface area contributed by atoms with Crippen LogP contribution < -0.4 is 14.9 Å². The summed E-state index contributed by atoms with van der Waals surface area (Å²) in [6.45, 7) is 3.07. The quantitative estimate of drug-likeness (QED) is 0.189. The average Bonchev–Trinajstić information content (AvgIpc) is 2.75. The number of amides is 1. The molecule has 0 fully saturated rings. The summed E-state index contributed by atoms with van der Waals surface area (Å²) >= 11 is 4.51. The standard InChI is InChI=1S/C24H22I2N2O3/c1-2-30-20-10-8-17(9-11-20)14-23(29)28-27-15-19-12-21(25)24(22(26)13-19)31-16-18-6-4-3-5-7-18/h3-13,15H,2,14,16H2,1H3,(H,28,29)/b27-15+. The van der Waals surface area contributed by atoms with Crippen LogP contribution in [0.2, 0.25) is 0 Å². The number of carbonyl (C=O) groups is 1. The normalized spacial score (nSPS) is 10.8. The lowest BCUT2D eigenvalue weighted by molar-refractivity contribution is -0.120. The fraction of sp³-hybridized carbons (Fsp3) is 0.167. The number of halogens is 2. The zero-order valence-electron chi connectivity index (χ0n) is 17.0. The minimum absolute atomic E-state index is 0.174. The number of hydrogen-bond acceptors (Lipinski definition) is 4. The molecule has 0 radical (unpaired) electrons. The topological polar surface area (TPSA) is 59.9 Å². The van der Waals surface area contributed by atoms with Gasteiger partial charge < -0.3 is 9.47 Å². The van der Waals surface area contributed by atoms with E-state index in [2.05, 4.69) is 55.7 Å². The monoisotopic (exact) mass is 640 g/mol. The van der Waals surface area contributed by atoms with Gasteiger partial charge in [-0.1, -0.05) is 42.5 Å². The molecule has 3 rings (SSSR count). The van der Waals surface area contributed by atoms with Gasteiger partial charge in [-0.3, -0.25) is 4.79 Å². The van der Waals surface area contributed by atoms with E-state index in [4.69, 9.17) is 9.47 Å². The van der Waals surface area contributed by atoms with Crippen LogP contribution in [0.5, 0.6) is 11.5 Å². The third-order valence-electron chi connectivity index (χ3n) is 4.25. The Morgan fingerprint density at radius 1 is 0.968 bits per heavy atom. The molecule has 0 unspecified atom stereocenters. The minimum atomic E-state index is -0.174. The first-order chi connectivity index (χ1) is 15.0. The lowest BCUT2D eigenvalue weighted by atomic mass is 10.1. The van der Waals surface area contributed by atoms with E-state index in [9.17, 15) is 4.79 Å². The predicted octanol–water partition coefficient (Wildman–Crippen LogP) is 5.57. The van der Waals surface area contributed by atoms with E-state index >= 15 is 0 Å². The first kappa shape index (κ1) is 23.5. The first-order valence-electron chi connectivity index (χ1n) is 9.74. The maximum absolute atomic E-state index is 12.1. The third-order valence-corrected chi connectivity index (χ3v) is 5.85. The van der Waals surface area contributed by atoms with Crippen LogP contribution in [0.15, 0.2) is 71.8 Å². The van der Waals surface area contributed by atoms with Gasteiger partial charge in [0.05, 0.1) is 26.4 Å². The Kier molecular flexibility index (Phi) is 9.13. The van der Waals surface area contributed by atoms with Gasteiger partial charge in [-0.2, -0.15) is 5.10 Å². The van der Waals surface area contributed by atoms with Crippen molar-refractivity contribution in [1.29, 1.82) is 0 Å². The summed E-state index contributed by atoms with van der Waals surface area (Å²) in [5.41, 5.74) is 5.50. The molecule has 1 amide bonds. The van der Waals surface area contributed by atoms with E-state index in [0.717, 1.165) is 35.3 Å². The molecule has 0 heterocycles. The van der Waals surface area contributed by atoms with E-state index in [1.807, 2.05) is 73.7 Å². The lowest BCUT2D eigenvalue weighted by Gasteiger charge is -2.11. The summed E-state index contributed by atoms with van der Waals surface area (Å²) in [6.07, 6.45) is 1.90. The minimum Gasteiger partial charge on any atom is -0.494 e. The van der Waals surface area contributed by atoms with Crippen LogP contribution in [0.4, 0.5) is 0 Å². The molecule has 5 nitrogen and oxygen atoms in total. The van der Waals surface area contributed by atoms with Gasteiger partial charge in [0.2, 0.25) is 5.91 Å². The van der Waals surface area contributed by atoms with Crippen molar-refractivity contribution in [2.24, 2.45) is 5.10 Å². The molecule has 0 saturated carbocycles. The molecule has 7 heteroatoms. The number of carbonyl (C=O) groups excluding carboxylic acids is 1. The molecule has 1 N–H and O–H groups in total. The molecule has 0 saturated heterocycles. The average molecular weight is 640 g/mol. The molecular weight excluding hydrogens is 618 g/mol. The number of rotatable bonds is 9. The van der Waals surface area contributed by atoms with Crippen LogP contribution in [0.1, 0.15) is 23.6 Å². The van der Waals surface area contributed by atoms with E-state index in [0.29, 0.717) is 13.2 Å². The lowest BCUT2D eigenvalue weighted by Crippen LogP contribution is -2.19. The van der Waals surface area contributed by atoms with Crippen molar-refractivity contribution in [2.75, 3.05) is 6.61 Å². The van der Waals surface area contributed by atoms with Crippen LogP contribution in [0.3, 0.4) is 0 Å². The van der Waals surface area contributed by atoms with Gasteiger partial charge in [0.25, 0.3) is 0 Å². The summed E-state index contributed by atoms with van der Waals surface area (Å²) in [6, 6.07) is 21.5. The molecule has 0 aromatic heterocycles. The van der Waals surface area contributed by atoms with Crippen molar-refractivity contribution < 1.29 is 14.3 Å². The van der Waals surface area contributed by atoms with Crippen LogP contribution >= 0.6 is 45.2 Å². The van der Waals surface area contributed by atoms with Crippen LogP contribution in [-0.4, -0.2) is 18.7 Å². The third kappa shape index (κ3) is 7.49. The Balaban J connectivity index is 1.54. The molecule has 0 atom stereocenters. The Morgan fingerprint density at radius 3 is 2.29 bits per heavy atom. The maximum Gasteiger partial charge on any atom is 0.244 e. The highest BCUT2D eigenvalue weighted by atomic mass is 127. The van der Waals surface area contributed by atoms with Crippen molar-refractivity contribution in [3.05, 3.63) is 90.6 Å². The van der Waals surface area contributed by atoms with E-state index in [1.165, 1.54) is 0 Å². The van der Waals surface area contributed by atoms with Crippen LogP contribution in [0.25, 0.3) is 0 Å². The van der Waals surface area contributed by atoms with Gasteiger partial charge in [-0.15, -0.1) is 0 Å². The number of ether oxygens (including phenoxy) is 2. The highest BCUT2D eigenvalue weighted by molar-refractivity contribution is 14.1. The number of benzene rings is 3. The van der Waals surface area contributed by atoms with Gasteiger partial charge in [-0.25, -0.2) is 5.43 Å². The Hall–Kier alpha value is -2.14. The highest BCUT2D eigenvalue weighted by Gasteiger charge is 2.09. The van der Waals surface area contributed by atoms with Gasteiger partial charge >= 0.3 is 0 Å². The zero-order valence-corrected chi connectivity index (χ0v) is 21.3. The largest absolute Gasteiger partial charge is 0.494 e. The first-order valence-corrected chi connectivity index (χ1v) is 11.9. The van der Waals surface area contributed by atoms with Crippen molar-refractivity contribution in [1.82, 2.24) is 5.43 Å². The zero-order chi connectivity index (χ0) is 22.1. The molecule has 3 aromatic rings. The molecule has 160 valence electrons. The molecule has 0 aliphatic carbocycles. The number of nitrogens with zero attached hydrogens (tertiary/aromatic N) is 1. The molecule has 0 bridgehead atoms. The van der Waals surface area contributed by atoms with Gasteiger partial charge in [0, 0.05) is 0 Å². The van der Waals surface area contributed by atoms with Gasteiger partial charge in [0.1, 0.15) is 18.1 Å². The number of hydrogen-bond donors (Lipinski definition) is 1. The van der Waals surface area contributed by atoms with E-state index in [-0.39, 0.29) is 12.3 Å².